The Bertz CT molecular complexity index is 890. The summed E-state index contributed by atoms with van der Waals surface area (Å²) in [4.78, 5) is 12.9. The van der Waals surface area contributed by atoms with Gasteiger partial charge in [0.2, 0.25) is 5.91 Å². The summed E-state index contributed by atoms with van der Waals surface area (Å²) >= 11 is 0. The number of carbonyl (C=O) groups is 1. The number of aryl methyl sites for hydroxylation is 1. The summed E-state index contributed by atoms with van der Waals surface area (Å²) in [6.07, 6.45) is 1.26. The summed E-state index contributed by atoms with van der Waals surface area (Å²) in [5.74, 6) is -0.157. The highest BCUT2D eigenvalue weighted by atomic mass is 35.5. The molecule has 8 heteroatoms. The number of sulfonamides is 1. The highest BCUT2D eigenvalue weighted by Crippen LogP contribution is 2.29. The number of nitrogens with two attached hydrogens (primary N) is 1. The summed E-state index contributed by atoms with van der Waals surface area (Å²) in [6, 6.07) is 13.3. The molecule has 0 fully saturated rings. The lowest BCUT2D eigenvalue weighted by Gasteiger charge is -2.28. The van der Waals surface area contributed by atoms with Gasteiger partial charge in [-0.25, -0.2) is 8.42 Å². The van der Waals surface area contributed by atoms with Crippen LogP contribution in [-0.2, 0) is 14.8 Å². The predicted molar refractivity (Wildman–Crippen MR) is 116 cm³/mol. The molecule has 0 aliphatic rings. The highest BCUT2D eigenvalue weighted by molar-refractivity contribution is 7.92. The van der Waals surface area contributed by atoms with E-state index in [1.54, 1.807) is 43.3 Å². The van der Waals surface area contributed by atoms with Crippen molar-refractivity contribution in [1.29, 1.82) is 0 Å². The number of anilines is 2. The van der Waals surface area contributed by atoms with Crippen LogP contribution >= 0.6 is 12.4 Å². The van der Waals surface area contributed by atoms with Crippen molar-refractivity contribution < 1.29 is 13.2 Å². The van der Waals surface area contributed by atoms with E-state index in [1.807, 2.05) is 13.8 Å². The number of nitrogens with one attached hydrogen (secondary N) is 2. The number of benzene rings is 2. The molecule has 0 radical (unpaired) electrons. The summed E-state index contributed by atoms with van der Waals surface area (Å²) in [6.45, 7) is 5.93. The van der Waals surface area contributed by atoms with Gasteiger partial charge in [0.25, 0.3) is 10.0 Å². The van der Waals surface area contributed by atoms with Crippen LogP contribution in [-0.4, -0.2) is 20.9 Å². The van der Waals surface area contributed by atoms with Crippen molar-refractivity contribution >= 4 is 39.7 Å². The lowest BCUT2D eigenvalue weighted by Crippen LogP contribution is -2.41. The first-order valence-electron chi connectivity index (χ1n) is 8.98. The fraction of sp³-hybridized carbons (Fsp3) is 0.350. The molecule has 1 amide bonds. The molecule has 28 heavy (non-hydrogen) atoms. The Kier molecular flexibility index (Phi) is 8.48. The van der Waals surface area contributed by atoms with Crippen molar-refractivity contribution in [2.24, 2.45) is 11.1 Å². The standard InChI is InChI=1S/C20H27N3O3S.ClH/c1-4-20(5-2,14-21)19(24)22-16-12-11-15(3)18(13-16)23-27(25,26)17-9-7-6-8-10-17;/h6-13,23H,4-5,14,21H2,1-3H3,(H,22,24);1H. The number of carbonyl (C=O) groups excluding carboxylic acids is 1. The maximum atomic E-state index is 12.7. The first-order valence-corrected chi connectivity index (χ1v) is 10.5. The van der Waals surface area contributed by atoms with E-state index in [4.69, 9.17) is 5.73 Å². The molecule has 2 aromatic carbocycles. The van der Waals surface area contributed by atoms with Gasteiger partial charge in [-0.05, 0) is 49.6 Å². The molecule has 0 unspecified atom stereocenters. The van der Waals surface area contributed by atoms with Gasteiger partial charge in [-0.15, -0.1) is 12.4 Å². The van der Waals surface area contributed by atoms with E-state index in [2.05, 4.69) is 10.0 Å². The Balaban J connectivity index is 0.00000392. The second-order valence-electron chi connectivity index (χ2n) is 6.59. The molecule has 0 atom stereocenters. The third kappa shape index (κ3) is 5.25. The van der Waals surface area contributed by atoms with Gasteiger partial charge in [-0.3, -0.25) is 9.52 Å². The minimum Gasteiger partial charge on any atom is -0.329 e. The summed E-state index contributed by atoms with van der Waals surface area (Å²) < 4.78 is 27.7. The van der Waals surface area contributed by atoms with E-state index < -0.39 is 15.4 Å². The topological polar surface area (TPSA) is 101 Å². The van der Waals surface area contributed by atoms with Gasteiger partial charge in [-0.1, -0.05) is 38.1 Å². The van der Waals surface area contributed by atoms with Crippen LogP contribution < -0.4 is 15.8 Å². The van der Waals surface area contributed by atoms with Crippen molar-refractivity contribution in [3.8, 4) is 0 Å². The zero-order chi connectivity index (χ0) is 20.1. The molecule has 6 nitrogen and oxygen atoms in total. The quantitative estimate of drug-likeness (QED) is 0.596. The third-order valence-electron chi connectivity index (χ3n) is 5.02. The Morgan fingerprint density at radius 2 is 1.68 bits per heavy atom. The van der Waals surface area contributed by atoms with Gasteiger partial charge in [-0.2, -0.15) is 0 Å². The smallest absolute Gasteiger partial charge is 0.261 e. The zero-order valence-corrected chi connectivity index (χ0v) is 18.0. The van der Waals surface area contributed by atoms with Crippen molar-refractivity contribution in [3.05, 3.63) is 54.1 Å². The molecule has 4 N–H and O–H groups in total. The van der Waals surface area contributed by atoms with Crippen LogP contribution in [0.5, 0.6) is 0 Å². The number of rotatable bonds is 8. The average Bonchev–Trinajstić information content (AvgIpc) is 2.67. The van der Waals surface area contributed by atoms with Gasteiger partial charge >= 0.3 is 0 Å². The number of halogens is 1. The molecule has 0 spiro atoms. The van der Waals surface area contributed by atoms with Gasteiger partial charge < -0.3 is 11.1 Å². The number of hydrogen-bond acceptors (Lipinski definition) is 4. The van der Waals surface area contributed by atoms with Crippen LogP contribution in [0.4, 0.5) is 11.4 Å². The molecule has 0 heterocycles. The molecule has 0 aromatic heterocycles. The fourth-order valence-corrected chi connectivity index (χ4v) is 3.97. The lowest BCUT2D eigenvalue weighted by molar-refractivity contribution is -0.125. The minimum absolute atomic E-state index is 0. The van der Waals surface area contributed by atoms with Crippen LogP contribution in [0.3, 0.4) is 0 Å². The van der Waals surface area contributed by atoms with Gasteiger partial charge in [0.05, 0.1) is 16.0 Å². The van der Waals surface area contributed by atoms with Crippen LogP contribution in [0.15, 0.2) is 53.4 Å². The monoisotopic (exact) mass is 425 g/mol. The Hall–Kier alpha value is -2.09. The fourth-order valence-electron chi connectivity index (χ4n) is 2.83. The minimum atomic E-state index is -3.71. The maximum absolute atomic E-state index is 12.7. The van der Waals surface area contributed by atoms with Crippen LogP contribution in [0, 0.1) is 12.3 Å². The molecule has 0 aliphatic carbocycles. The van der Waals surface area contributed by atoms with Crippen LogP contribution in [0.2, 0.25) is 0 Å². The number of hydrogen-bond donors (Lipinski definition) is 3. The van der Waals surface area contributed by atoms with E-state index in [0.717, 1.165) is 5.56 Å². The van der Waals surface area contributed by atoms with Crippen molar-refractivity contribution in [3.63, 3.8) is 0 Å². The first kappa shape index (κ1) is 23.9. The Labute approximate surface area is 173 Å². The van der Waals surface area contributed by atoms with Gasteiger partial charge in [0.1, 0.15) is 0 Å². The van der Waals surface area contributed by atoms with Gasteiger partial charge in [0.15, 0.2) is 0 Å². The highest BCUT2D eigenvalue weighted by Gasteiger charge is 2.33. The van der Waals surface area contributed by atoms with Crippen molar-refractivity contribution in [1.82, 2.24) is 0 Å². The molecule has 0 saturated carbocycles. The molecule has 0 aliphatic heterocycles. The molecular weight excluding hydrogens is 398 g/mol. The molecular formula is C20H28ClN3O3S. The molecule has 2 aromatic rings. The largest absolute Gasteiger partial charge is 0.329 e. The Morgan fingerprint density at radius 1 is 1.07 bits per heavy atom. The zero-order valence-electron chi connectivity index (χ0n) is 16.4. The second kappa shape index (κ2) is 9.91. The van der Waals surface area contributed by atoms with Crippen LogP contribution in [0.1, 0.15) is 32.3 Å². The SMILES string of the molecule is CCC(CC)(CN)C(=O)Nc1ccc(C)c(NS(=O)(=O)c2ccccc2)c1.Cl. The maximum Gasteiger partial charge on any atom is 0.261 e. The van der Waals surface area contributed by atoms with Crippen molar-refractivity contribution in [2.75, 3.05) is 16.6 Å². The van der Waals surface area contributed by atoms with E-state index >= 15 is 0 Å². The molecule has 0 bridgehead atoms. The predicted octanol–water partition coefficient (Wildman–Crippen LogP) is 3.92. The van der Waals surface area contributed by atoms with Crippen molar-refractivity contribution in [2.45, 2.75) is 38.5 Å². The average molecular weight is 426 g/mol. The molecule has 0 saturated heterocycles. The van der Waals surface area contributed by atoms with E-state index in [-0.39, 0.29) is 29.8 Å². The second-order valence-corrected chi connectivity index (χ2v) is 8.28. The normalized spacial score (nSPS) is 11.4. The third-order valence-corrected chi connectivity index (χ3v) is 6.40. The van der Waals surface area contributed by atoms with E-state index in [1.165, 1.54) is 12.1 Å². The number of amides is 1. The summed E-state index contributed by atoms with van der Waals surface area (Å²) in [7, 11) is -3.71. The van der Waals surface area contributed by atoms with E-state index in [0.29, 0.717) is 24.2 Å². The van der Waals surface area contributed by atoms with Gasteiger partial charge in [0, 0.05) is 12.2 Å². The molecule has 154 valence electrons. The summed E-state index contributed by atoms with van der Waals surface area (Å²) in [5.41, 5.74) is 6.90. The first-order chi connectivity index (χ1) is 12.8. The van der Waals surface area contributed by atoms with E-state index in [9.17, 15) is 13.2 Å². The Morgan fingerprint density at radius 3 is 2.21 bits per heavy atom. The molecule has 2 rings (SSSR count). The lowest BCUT2D eigenvalue weighted by atomic mass is 9.81. The van der Waals surface area contributed by atoms with Crippen LogP contribution in [0.25, 0.3) is 0 Å². The summed E-state index contributed by atoms with van der Waals surface area (Å²) in [5, 5.41) is 2.88.